The minimum absolute atomic E-state index is 0.152. The van der Waals surface area contributed by atoms with Crippen LogP contribution in [0.4, 0.5) is 0 Å². The molecular weight excluding hydrogens is 616 g/mol. The third kappa shape index (κ3) is 5.77. The lowest BCUT2D eigenvalue weighted by Crippen LogP contribution is -2.59. The Morgan fingerprint density at radius 3 is 2.09 bits per heavy atom. The molecule has 0 amide bonds. The number of phenols is 4. The maximum absolute atomic E-state index is 12.9. The number of aromatic nitrogens is 1. The van der Waals surface area contributed by atoms with Gasteiger partial charge in [-0.1, -0.05) is 24.0 Å². The predicted octanol–water partition coefficient (Wildman–Crippen LogP) is 0.181. The molecule has 11 N–H and O–H groups in total. The number of H-pyrrole nitrogens is 1. The number of sulfonamides is 1. The molecule has 0 aliphatic carbocycles. The smallest absolute Gasteiger partial charge is 0.382 e. The number of rotatable bonds is 8. The number of carbonyl (C=O) groups is 2. The number of fused-ring (bicyclic) bond motifs is 1. The molecule has 4 rings (SSSR count). The van der Waals surface area contributed by atoms with E-state index in [1.165, 1.54) is 17.7 Å². The molecule has 0 saturated heterocycles. The zero-order valence-corrected chi connectivity index (χ0v) is 23.0. The fourth-order valence-corrected chi connectivity index (χ4v) is 6.00. The Morgan fingerprint density at radius 2 is 1.51 bits per heavy atom. The summed E-state index contributed by atoms with van der Waals surface area (Å²) in [4.78, 5) is 25.3. The van der Waals surface area contributed by atoms with Crippen LogP contribution in [0.3, 0.4) is 0 Å². The maximum atomic E-state index is 12.9. The Kier molecular flexibility index (Phi) is 7.77. The number of carboxylic acids is 1. The van der Waals surface area contributed by atoms with Gasteiger partial charge in [0.2, 0.25) is 17.4 Å². The molecule has 2 aromatic heterocycles. The Hall–Kier alpha value is -4.87. The molecule has 0 aliphatic rings. The number of benzene rings is 2. The number of ether oxygens (including phenoxy) is 1. The van der Waals surface area contributed by atoms with E-state index in [4.69, 9.17) is 0 Å². The van der Waals surface area contributed by atoms with Crippen LogP contribution in [0.1, 0.15) is 33.3 Å². The van der Waals surface area contributed by atoms with Gasteiger partial charge >= 0.3 is 17.9 Å². The summed E-state index contributed by atoms with van der Waals surface area (Å²) in [5.74, 6) is -12.2. The van der Waals surface area contributed by atoms with Gasteiger partial charge in [0.1, 0.15) is 9.77 Å². The molecule has 0 bridgehead atoms. The molecule has 0 aliphatic heterocycles. The van der Waals surface area contributed by atoms with Gasteiger partial charge < -0.3 is 50.9 Å². The van der Waals surface area contributed by atoms with Crippen molar-refractivity contribution in [3.05, 3.63) is 58.0 Å². The number of ketones is 1. The SMILES string of the molecule is CC(=O)c1ccc(C#Cc2ccc(S(=O)(=O)NC(O)(OC(O)(O)c3c(O)[nH]c4c(O)c(O)c(O)c(O)c34)C(=O)O)s2)cc1. The normalized spacial score (nSPS) is 13.3. The minimum Gasteiger partial charge on any atom is -0.504 e. The Labute approximate surface area is 244 Å². The number of aromatic hydroxyl groups is 5. The van der Waals surface area contributed by atoms with E-state index in [0.717, 1.165) is 6.07 Å². The van der Waals surface area contributed by atoms with E-state index < -0.39 is 77.4 Å². The second kappa shape index (κ2) is 10.8. The summed E-state index contributed by atoms with van der Waals surface area (Å²) >= 11 is 0.526. The van der Waals surface area contributed by atoms with Crippen molar-refractivity contribution in [1.29, 1.82) is 0 Å². The van der Waals surface area contributed by atoms with Gasteiger partial charge in [-0.2, -0.15) is 0 Å². The van der Waals surface area contributed by atoms with Crippen molar-refractivity contribution in [2.24, 2.45) is 0 Å². The van der Waals surface area contributed by atoms with Gasteiger partial charge in [0.15, 0.2) is 17.3 Å². The van der Waals surface area contributed by atoms with Gasteiger partial charge in [0.05, 0.1) is 15.8 Å². The largest absolute Gasteiger partial charge is 0.504 e. The second-order valence-corrected chi connectivity index (χ2v) is 11.8. The lowest BCUT2D eigenvalue weighted by molar-refractivity contribution is -0.420. The van der Waals surface area contributed by atoms with Gasteiger partial charge in [-0.25, -0.2) is 13.2 Å². The highest BCUT2D eigenvalue weighted by Crippen LogP contribution is 2.53. The van der Waals surface area contributed by atoms with Crippen molar-refractivity contribution in [1.82, 2.24) is 9.71 Å². The summed E-state index contributed by atoms with van der Waals surface area (Å²) in [7, 11) is -5.01. The van der Waals surface area contributed by atoms with Crippen LogP contribution in [0.2, 0.25) is 0 Å². The van der Waals surface area contributed by atoms with Gasteiger partial charge in [0, 0.05) is 11.1 Å². The van der Waals surface area contributed by atoms with Gasteiger partial charge in [-0.05, 0) is 31.2 Å². The summed E-state index contributed by atoms with van der Waals surface area (Å²) < 4.78 is 30.9. The van der Waals surface area contributed by atoms with Crippen LogP contribution in [0.15, 0.2) is 40.6 Å². The first-order valence-electron chi connectivity index (χ1n) is 11.5. The van der Waals surface area contributed by atoms with E-state index in [2.05, 4.69) is 16.6 Å². The van der Waals surface area contributed by atoms with Crippen molar-refractivity contribution >= 4 is 44.0 Å². The zero-order valence-electron chi connectivity index (χ0n) is 21.3. The number of carboxylic acid groups (broad SMARTS) is 1. The van der Waals surface area contributed by atoms with Crippen molar-refractivity contribution in [2.75, 3.05) is 0 Å². The molecule has 0 spiro atoms. The summed E-state index contributed by atoms with van der Waals surface area (Å²) in [6, 6.07) is 8.46. The number of hydrogen-bond acceptors (Lipinski definition) is 14. The first kappa shape index (κ1) is 31.1. The van der Waals surface area contributed by atoms with E-state index >= 15 is 0 Å². The minimum atomic E-state index is -5.01. The fourth-order valence-electron chi connectivity index (χ4n) is 3.73. The topological polar surface area (TPSA) is 287 Å². The molecule has 226 valence electrons. The molecule has 0 fully saturated rings. The number of aromatic amines is 1. The van der Waals surface area contributed by atoms with Crippen molar-refractivity contribution < 1.29 is 68.7 Å². The average molecular weight is 637 g/mol. The number of hydrogen-bond donors (Lipinski definition) is 11. The van der Waals surface area contributed by atoms with E-state index in [9.17, 15) is 64.0 Å². The quantitative estimate of drug-likeness (QED) is 0.0405. The van der Waals surface area contributed by atoms with E-state index in [-0.39, 0.29) is 10.7 Å². The van der Waals surface area contributed by atoms with Crippen molar-refractivity contribution in [3.63, 3.8) is 0 Å². The average Bonchev–Trinajstić information content (AvgIpc) is 3.54. The number of thiophene rings is 1. The van der Waals surface area contributed by atoms with Crippen LogP contribution in [-0.4, -0.2) is 77.0 Å². The number of nitrogens with one attached hydrogen (secondary N) is 2. The van der Waals surface area contributed by atoms with Crippen molar-refractivity contribution in [2.45, 2.75) is 23.0 Å². The molecule has 16 nitrogen and oxygen atoms in total. The second-order valence-electron chi connectivity index (χ2n) is 8.76. The lowest BCUT2D eigenvalue weighted by atomic mass is 10.1. The Bertz CT molecular complexity index is 1950. The molecule has 1 unspecified atom stereocenters. The van der Waals surface area contributed by atoms with E-state index in [1.54, 1.807) is 24.3 Å². The molecule has 43 heavy (non-hydrogen) atoms. The van der Waals surface area contributed by atoms with Crippen LogP contribution < -0.4 is 4.72 Å². The van der Waals surface area contributed by atoms with Crippen LogP contribution in [-0.2, 0) is 25.5 Å². The number of phenolic OH excluding ortho intramolecular Hbond substituents is 4. The fraction of sp³-hybridized carbons (Fsp3) is 0.120. The first-order chi connectivity index (χ1) is 19.9. The van der Waals surface area contributed by atoms with Crippen molar-refractivity contribution in [3.8, 4) is 40.7 Å². The van der Waals surface area contributed by atoms with E-state index in [1.807, 2.05) is 4.98 Å². The van der Waals surface area contributed by atoms with Gasteiger partial charge in [-0.15, -0.1) is 16.1 Å². The molecule has 4 aromatic rings. The van der Waals surface area contributed by atoms with Crippen LogP contribution in [0, 0.1) is 11.8 Å². The van der Waals surface area contributed by atoms with E-state index in [0.29, 0.717) is 22.5 Å². The van der Waals surface area contributed by atoms with Crippen LogP contribution in [0.25, 0.3) is 10.9 Å². The third-order valence-corrected chi connectivity index (χ3v) is 8.69. The monoisotopic (exact) mass is 636 g/mol. The number of aliphatic carboxylic acids is 1. The molecule has 0 saturated carbocycles. The molecular formula is C25H20N2O14S2. The summed E-state index contributed by atoms with van der Waals surface area (Å²) in [6.45, 7) is 1.39. The highest BCUT2D eigenvalue weighted by atomic mass is 32.2. The lowest BCUT2D eigenvalue weighted by Gasteiger charge is -2.31. The van der Waals surface area contributed by atoms with Crippen LogP contribution >= 0.6 is 11.3 Å². The van der Waals surface area contributed by atoms with Gasteiger partial charge in [0.25, 0.3) is 10.0 Å². The number of Topliss-reactive ketones (excluding diaryl/α,β-unsaturated/α-hetero) is 1. The maximum Gasteiger partial charge on any atom is 0.382 e. The Morgan fingerprint density at radius 1 is 0.907 bits per heavy atom. The summed E-state index contributed by atoms with van der Waals surface area (Å²) in [6.07, 6.45) is 0. The highest BCUT2D eigenvalue weighted by Gasteiger charge is 2.52. The first-order valence-corrected chi connectivity index (χ1v) is 13.8. The summed E-state index contributed by atoms with van der Waals surface area (Å²) in [5, 5.41) is 90.0. The third-order valence-electron chi connectivity index (χ3n) is 5.77. The zero-order chi connectivity index (χ0) is 32.1. The Balaban J connectivity index is 1.65. The molecule has 0 radical (unpaired) electrons. The molecule has 2 aromatic carbocycles. The van der Waals surface area contributed by atoms with Gasteiger partial charge in [-0.3, -0.25) is 9.53 Å². The number of aliphatic hydroxyl groups is 3. The summed E-state index contributed by atoms with van der Waals surface area (Å²) in [5.41, 5.74) is -1.27. The molecule has 18 heteroatoms. The standard InChI is InChI=1S/C25H20N2O14S2/c1-10(28)12-5-2-11(3-6-12)4-7-13-8-9-14(42-13)43(39,40)27-24(36,23(34)35)41-25(37,38)16-15-17(26-22(16)33)19(30)21(32)20(31)18(15)29/h2-3,5-6,8-9,26-27,29-33,36-38H,1H3,(H,34,35). The highest BCUT2D eigenvalue weighted by molar-refractivity contribution is 7.91. The molecule has 2 heterocycles. The molecule has 1 atom stereocenters. The number of carbonyl (C=O) groups excluding carboxylic acids is 1. The van der Waals surface area contributed by atoms with Crippen LogP contribution in [0.5, 0.6) is 28.9 Å². The predicted molar refractivity (Wildman–Crippen MR) is 143 cm³/mol.